The lowest BCUT2D eigenvalue weighted by atomic mass is 10.2. The van der Waals surface area contributed by atoms with Crippen LogP contribution in [0.25, 0.3) is 22.4 Å². The van der Waals surface area contributed by atoms with E-state index in [-0.39, 0.29) is 11.9 Å². The summed E-state index contributed by atoms with van der Waals surface area (Å²) in [4.78, 5) is 17.4. The van der Waals surface area contributed by atoms with E-state index in [0.717, 1.165) is 10.9 Å². The predicted molar refractivity (Wildman–Crippen MR) is 79.1 cm³/mol. The van der Waals surface area contributed by atoms with Crippen molar-refractivity contribution >= 4 is 16.9 Å². The van der Waals surface area contributed by atoms with Crippen LogP contribution < -0.4 is 5.73 Å². The molecule has 0 radical (unpaired) electrons. The van der Waals surface area contributed by atoms with Gasteiger partial charge in [0, 0.05) is 11.3 Å². The lowest BCUT2D eigenvalue weighted by molar-refractivity contribution is 0.766. The summed E-state index contributed by atoms with van der Waals surface area (Å²) in [6, 6.07) is 11.8. The molecular weight excluding hydrogens is 250 g/mol. The Hall–Kier alpha value is -2.56. The third kappa shape index (κ3) is 2.30. The highest BCUT2D eigenvalue weighted by molar-refractivity contribution is 5.80. The molecule has 2 aromatic heterocycles. The normalized spacial score (nSPS) is 11.2. The first-order chi connectivity index (χ1) is 9.63. The molecule has 2 N–H and O–H groups in total. The maximum atomic E-state index is 5.76. The number of nitrogens with two attached hydrogens (primary N) is 1. The average Bonchev–Trinajstić information content (AvgIpc) is 2.46. The molecule has 2 heterocycles. The van der Waals surface area contributed by atoms with E-state index in [2.05, 4.69) is 19.9 Å². The van der Waals surface area contributed by atoms with Crippen molar-refractivity contribution in [2.45, 2.75) is 19.8 Å². The summed E-state index contributed by atoms with van der Waals surface area (Å²) < 4.78 is 0. The zero-order chi connectivity index (χ0) is 14.1. The van der Waals surface area contributed by atoms with Gasteiger partial charge in [0.15, 0.2) is 5.82 Å². The molecule has 0 bridgehead atoms. The van der Waals surface area contributed by atoms with E-state index in [1.54, 1.807) is 0 Å². The third-order valence-electron chi connectivity index (χ3n) is 3.01. The molecule has 0 aliphatic carbocycles. The van der Waals surface area contributed by atoms with Crippen molar-refractivity contribution in [3.8, 4) is 11.5 Å². The molecule has 0 atom stereocenters. The van der Waals surface area contributed by atoms with Gasteiger partial charge in [0.1, 0.15) is 11.5 Å². The van der Waals surface area contributed by atoms with Crippen molar-refractivity contribution in [1.82, 2.24) is 19.9 Å². The number of fused-ring (bicyclic) bond motifs is 1. The molecule has 0 fully saturated rings. The summed E-state index contributed by atoms with van der Waals surface area (Å²) in [5.41, 5.74) is 7.38. The second-order valence-electron chi connectivity index (χ2n) is 4.92. The first-order valence-electron chi connectivity index (χ1n) is 6.51. The zero-order valence-corrected chi connectivity index (χ0v) is 11.4. The Balaban J connectivity index is 2.15. The van der Waals surface area contributed by atoms with E-state index in [1.165, 1.54) is 0 Å². The first kappa shape index (κ1) is 12.5. The molecule has 0 aliphatic heterocycles. The van der Waals surface area contributed by atoms with E-state index < -0.39 is 0 Å². The van der Waals surface area contributed by atoms with Gasteiger partial charge in [0.25, 0.3) is 0 Å². The highest BCUT2D eigenvalue weighted by atomic mass is 15.1. The quantitative estimate of drug-likeness (QED) is 0.770. The summed E-state index contributed by atoms with van der Waals surface area (Å²) in [6.45, 7) is 4.04. The molecule has 100 valence electrons. The standard InChI is InChI=1S/C15H15N5/c1-9(2)13-18-14(20-15(16)19-13)12-8-7-10-5-3-4-6-11(10)17-12/h3-9H,1-2H3,(H2,16,18,19,20). The van der Waals surface area contributed by atoms with Crippen LogP contribution >= 0.6 is 0 Å². The Morgan fingerprint density at radius 3 is 2.50 bits per heavy atom. The summed E-state index contributed by atoms with van der Waals surface area (Å²) in [5, 5.41) is 1.09. The Morgan fingerprint density at radius 1 is 0.900 bits per heavy atom. The molecule has 0 saturated heterocycles. The molecule has 1 aromatic carbocycles. The average molecular weight is 265 g/mol. The highest BCUT2D eigenvalue weighted by Gasteiger charge is 2.11. The maximum Gasteiger partial charge on any atom is 0.223 e. The number of anilines is 1. The monoisotopic (exact) mass is 265 g/mol. The van der Waals surface area contributed by atoms with Crippen LogP contribution in [0.15, 0.2) is 36.4 Å². The minimum absolute atomic E-state index is 0.194. The third-order valence-corrected chi connectivity index (χ3v) is 3.01. The van der Waals surface area contributed by atoms with Gasteiger partial charge in [0.05, 0.1) is 5.52 Å². The molecule has 5 nitrogen and oxygen atoms in total. The van der Waals surface area contributed by atoms with Gasteiger partial charge in [0.2, 0.25) is 5.95 Å². The van der Waals surface area contributed by atoms with Crippen LogP contribution in [0.1, 0.15) is 25.6 Å². The van der Waals surface area contributed by atoms with Gasteiger partial charge >= 0.3 is 0 Å². The van der Waals surface area contributed by atoms with Crippen molar-refractivity contribution in [1.29, 1.82) is 0 Å². The van der Waals surface area contributed by atoms with Gasteiger partial charge in [-0.05, 0) is 12.1 Å². The van der Waals surface area contributed by atoms with Crippen molar-refractivity contribution in [3.63, 3.8) is 0 Å². The molecule has 3 rings (SSSR count). The van der Waals surface area contributed by atoms with Crippen molar-refractivity contribution < 1.29 is 0 Å². The first-order valence-corrected chi connectivity index (χ1v) is 6.51. The van der Waals surface area contributed by atoms with Crippen molar-refractivity contribution in [2.24, 2.45) is 0 Å². The van der Waals surface area contributed by atoms with E-state index in [4.69, 9.17) is 5.73 Å². The van der Waals surface area contributed by atoms with Gasteiger partial charge in [-0.2, -0.15) is 9.97 Å². The van der Waals surface area contributed by atoms with Gasteiger partial charge in [-0.3, -0.25) is 0 Å². The van der Waals surface area contributed by atoms with Crippen molar-refractivity contribution in [3.05, 3.63) is 42.2 Å². The number of rotatable bonds is 2. The molecule has 0 unspecified atom stereocenters. The molecule has 0 amide bonds. The van der Waals surface area contributed by atoms with E-state index in [0.29, 0.717) is 17.3 Å². The smallest absolute Gasteiger partial charge is 0.223 e. The van der Waals surface area contributed by atoms with E-state index in [1.807, 2.05) is 50.2 Å². The minimum atomic E-state index is 0.194. The second kappa shape index (κ2) is 4.85. The van der Waals surface area contributed by atoms with E-state index in [9.17, 15) is 0 Å². The molecule has 5 heteroatoms. The largest absolute Gasteiger partial charge is 0.368 e. The molecule has 0 aliphatic rings. The molecular formula is C15H15N5. The summed E-state index contributed by atoms with van der Waals surface area (Å²) in [7, 11) is 0. The van der Waals surface area contributed by atoms with Crippen molar-refractivity contribution in [2.75, 3.05) is 5.73 Å². The Morgan fingerprint density at radius 2 is 1.70 bits per heavy atom. The summed E-state index contributed by atoms with van der Waals surface area (Å²) in [6.07, 6.45) is 0. The number of benzene rings is 1. The topological polar surface area (TPSA) is 77.6 Å². The number of aromatic nitrogens is 4. The maximum absolute atomic E-state index is 5.76. The lowest BCUT2D eigenvalue weighted by Crippen LogP contribution is -2.06. The Labute approximate surface area is 116 Å². The van der Waals surface area contributed by atoms with E-state index >= 15 is 0 Å². The van der Waals surface area contributed by atoms with Crippen LogP contribution in [-0.2, 0) is 0 Å². The number of pyridine rings is 1. The van der Waals surface area contributed by atoms with Gasteiger partial charge < -0.3 is 5.73 Å². The van der Waals surface area contributed by atoms with Crippen LogP contribution in [0.5, 0.6) is 0 Å². The minimum Gasteiger partial charge on any atom is -0.368 e. The summed E-state index contributed by atoms with van der Waals surface area (Å²) >= 11 is 0. The van der Waals surface area contributed by atoms with Crippen LogP contribution in [0.2, 0.25) is 0 Å². The second-order valence-corrected chi connectivity index (χ2v) is 4.92. The van der Waals surface area contributed by atoms with Crippen LogP contribution in [0.4, 0.5) is 5.95 Å². The Kier molecular flexibility index (Phi) is 3.02. The SMILES string of the molecule is CC(C)c1nc(N)nc(-c2ccc3ccccc3n2)n1. The zero-order valence-electron chi connectivity index (χ0n) is 11.4. The molecule has 0 saturated carbocycles. The fourth-order valence-corrected chi connectivity index (χ4v) is 1.97. The molecule has 20 heavy (non-hydrogen) atoms. The fraction of sp³-hybridized carbons (Fsp3) is 0.200. The van der Waals surface area contributed by atoms with Crippen LogP contribution in [0.3, 0.4) is 0 Å². The van der Waals surface area contributed by atoms with Crippen LogP contribution in [-0.4, -0.2) is 19.9 Å². The number of hydrogen-bond acceptors (Lipinski definition) is 5. The number of nitrogens with zero attached hydrogens (tertiary/aromatic N) is 4. The van der Waals surface area contributed by atoms with Gasteiger partial charge in [-0.1, -0.05) is 38.1 Å². The predicted octanol–water partition coefficient (Wildman–Crippen LogP) is 2.79. The molecule has 0 spiro atoms. The Bertz CT molecular complexity index is 767. The molecule has 3 aromatic rings. The number of hydrogen-bond donors (Lipinski definition) is 1. The van der Waals surface area contributed by atoms with Crippen LogP contribution in [0, 0.1) is 0 Å². The number of para-hydroxylation sites is 1. The number of nitrogen functional groups attached to an aromatic ring is 1. The highest BCUT2D eigenvalue weighted by Crippen LogP contribution is 2.20. The summed E-state index contributed by atoms with van der Waals surface area (Å²) in [5.74, 6) is 1.63. The fourth-order valence-electron chi connectivity index (χ4n) is 1.97. The van der Waals surface area contributed by atoms with Gasteiger partial charge in [-0.25, -0.2) is 9.97 Å². The van der Waals surface area contributed by atoms with Gasteiger partial charge in [-0.15, -0.1) is 0 Å². The lowest BCUT2D eigenvalue weighted by Gasteiger charge is -2.07.